The number of carbonyl (C=O) groups excluding carboxylic acids is 1. The Labute approximate surface area is 125 Å². The van der Waals surface area contributed by atoms with E-state index in [-0.39, 0.29) is 11.3 Å². The van der Waals surface area contributed by atoms with E-state index in [0.717, 1.165) is 0 Å². The highest BCUT2D eigenvalue weighted by molar-refractivity contribution is 6.48. The molecule has 6 nitrogen and oxygen atoms in total. The molecule has 0 aromatic heterocycles. The fourth-order valence-electron chi connectivity index (χ4n) is 2.11. The molecule has 0 amide bonds. The third kappa shape index (κ3) is 2.47. The fourth-order valence-corrected chi connectivity index (χ4v) is 2.11. The van der Waals surface area contributed by atoms with Crippen LogP contribution in [0.3, 0.4) is 0 Å². The van der Waals surface area contributed by atoms with Crippen molar-refractivity contribution in [3.8, 4) is 5.75 Å². The Morgan fingerprint density at radius 1 is 1.09 bits per heavy atom. The van der Waals surface area contributed by atoms with Crippen LogP contribution in [0, 0.1) is 0 Å². The number of carbonyl (C=O) groups is 2. The second kappa shape index (κ2) is 5.42. The molecule has 1 aliphatic rings. The molecule has 2 aromatic rings. The number of benzene rings is 2. The lowest BCUT2D eigenvalue weighted by molar-refractivity contribution is 0.0348. The Morgan fingerprint density at radius 2 is 1.77 bits per heavy atom. The molecule has 0 bridgehead atoms. The minimum atomic E-state index is -1.46. The van der Waals surface area contributed by atoms with Crippen LogP contribution < -0.4 is 4.74 Å². The van der Waals surface area contributed by atoms with Crippen LogP contribution in [-0.2, 0) is 0 Å². The van der Waals surface area contributed by atoms with Crippen LogP contribution in [-0.4, -0.2) is 34.0 Å². The number of aliphatic hydroxyl groups is 1. The maximum Gasteiger partial charge on any atom is 0.335 e. The minimum absolute atomic E-state index is 0.112. The SMILES string of the molecule is O=C(O)c1ccc(N=C2C(=O)c3ccccc3OC2O)cc1. The zero-order valence-corrected chi connectivity index (χ0v) is 11.3. The number of hydrogen-bond acceptors (Lipinski definition) is 5. The molecule has 0 fully saturated rings. The number of hydrogen-bond donors (Lipinski definition) is 2. The van der Waals surface area contributed by atoms with Gasteiger partial charge in [-0.25, -0.2) is 9.79 Å². The summed E-state index contributed by atoms with van der Waals surface area (Å²) in [6.45, 7) is 0. The summed E-state index contributed by atoms with van der Waals surface area (Å²) in [7, 11) is 0. The molecule has 1 heterocycles. The summed E-state index contributed by atoms with van der Waals surface area (Å²) in [5.41, 5.74) is 0.659. The van der Waals surface area contributed by atoms with Crippen LogP contribution in [0.2, 0.25) is 0 Å². The number of fused-ring (bicyclic) bond motifs is 1. The molecule has 2 N–H and O–H groups in total. The molecular formula is C16H11NO5. The van der Waals surface area contributed by atoms with Gasteiger partial charge in [-0.15, -0.1) is 0 Å². The van der Waals surface area contributed by atoms with Gasteiger partial charge in [-0.2, -0.15) is 0 Å². The maximum atomic E-state index is 12.3. The van der Waals surface area contributed by atoms with E-state index in [4.69, 9.17) is 9.84 Å². The molecule has 0 spiro atoms. The Kier molecular flexibility index (Phi) is 3.44. The summed E-state index contributed by atoms with van der Waals surface area (Å²) >= 11 is 0. The quantitative estimate of drug-likeness (QED) is 0.884. The van der Waals surface area contributed by atoms with Crippen LogP contribution in [0.25, 0.3) is 0 Å². The summed E-state index contributed by atoms with van der Waals surface area (Å²) in [5.74, 6) is -1.16. The van der Waals surface area contributed by atoms with Gasteiger partial charge in [-0.1, -0.05) is 12.1 Å². The molecule has 1 aliphatic heterocycles. The van der Waals surface area contributed by atoms with E-state index in [1.54, 1.807) is 24.3 Å². The van der Waals surface area contributed by atoms with Gasteiger partial charge in [0, 0.05) is 0 Å². The number of aliphatic hydroxyl groups excluding tert-OH is 1. The zero-order chi connectivity index (χ0) is 15.7. The highest BCUT2D eigenvalue weighted by Gasteiger charge is 2.31. The van der Waals surface area contributed by atoms with Crippen molar-refractivity contribution in [1.29, 1.82) is 0 Å². The molecule has 0 radical (unpaired) electrons. The highest BCUT2D eigenvalue weighted by atomic mass is 16.6. The van der Waals surface area contributed by atoms with E-state index in [1.165, 1.54) is 24.3 Å². The predicted octanol–water partition coefficient (Wildman–Crippen LogP) is 2.05. The van der Waals surface area contributed by atoms with Crippen LogP contribution in [0.15, 0.2) is 53.5 Å². The third-order valence-corrected chi connectivity index (χ3v) is 3.20. The molecule has 3 rings (SSSR count). The fraction of sp³-hybridized carbons (Fsp3) is 0.0625. The first kappa shape index (κ1) is 14.0. The van der Waals surface area contributed by atoms with E-state index in [1.807, 2.05) is 0 Å². The first-order chi connectivity index (χ1) is 10.6. The lowest BCUT2D eigenvalue weighted by atomic mass is 10.0. The monoisotopic (exact) mass is 297 g/mol. The van der Waals surface area contributed by atoms with Crippen LogP contribution in [0.4, 0.5) is 5.69 Å². The topological polar surface area (TPSA) is 96.2 Å². The second-order valence-electron chi connectivity index (χ2n) is 4.64. The van der Waals surface area contributed by atoms with Crippen molar-refractivity contribution < 1.29 is 24.5 Å². The van der Waals surface area contributed by atoms with Crippen LogP contribution in [0.5, 0.6) is 5.75 Å². The molecule has 6 heteroatoms. The van der Waals surface area contributed by atoms with Gasteiger partial charge >= 0.3 is 5.97 Å². The summed E-state index contributed by atoms with van der Waals surface area (Å²) in [6, 6.07) is 12.2. The van der Waals surface area contributed by atoms with E-state index < -0.39 is 18.0 Å². The Bertz CT molecular complexity index is 779. The minimum Gasteiger partial charge on any atom is -0.478 e. The number of ketones is 1. The number of carboxylic acids is 1. The van der Waals surface area contributed by atoms with E-state index in [9.17, 15) is 14.7 Å². The average Bonchev–Trinajstić information content (AvgIpc) is 2.52. The normalized spacial score (nSPS) is 18.7. The van der Waals surface area contributed by atoms with E-state index >= 15 is 0 Å². The summed E-state index contributed by atoms with van der Waals surface area (Å²) < 4.78 is 5.26. The molecule has 2 aromatic carbocycles. The number of Topliss-reactive ketones (excluding diaryl/α,β-unsaturated/α-hetero) is 1. The first-order valence-electron chi connectivity index (χ1n) is 6.46. The van der Waals surface area contributed by atoms with E-state index in [2.05, 4.69) is 4.99 Å². The lowest BCUT2D eigenvalue weighted by Crippen LogP contribution is -2.38. The van der Waals surface area contributed by atoms with Crippen LogP contribution in [0.1, 0.15) is 20.7 Å². The van der Waals surface area contributed by atoms with Gasteiger partial charge in [0.2, 0.25) is 12.1 Å². The van der Waals surface area contributed by atoms with Crippen molar-refractivity contribution in [2.45, 2.75) is 6.29 Å². The standard InChI is InChI=1S/C16H11NO5/c18-14-11-3-1-2-4-12(11)22-16(21)13(14)17-10-7-5-9(6-8-10)15(19)20/h1-8,16,21H,(H,19,20). The molecule has 0 saturated heterocycles. The number of aliphatic imine (C=N–C) groups is 1. The molecule has 22 heavy (non-hydrogen) atoms. The largest absolute Gasteiger partial charge is 0.478 e. The molecule has 1 unspecified atom stereocenters. The highest BCUT2D eigenvalue weighted by Crippen LogP contribution is 2.26. The van der Waals surface area contributed by atoms with Gasteiger partial charge in [0.1, 0.15) is 5.75 Å². The summed E-state index contributed by atoms with van der Waals surface area (Å²) in [6.07, 6.45) is -1.46. The number of aromatic carboxylic acids is 1. The van der Waals surface area contributed by atoms with Crippen molar-refractivity contribution in [2.24, 2.45) is 4.99 Å². The zero-order valence-electron chi connectivity index (χ0n) is 11.3. The van der Waals surface area contributed by atoms with Crippen molar-refractivity contribution >= 4 is 23.2 Å². The van der Waals surface area contributed by atoms with Crippen molar-refractivity contribution in [1.82, 2.24) is 0 Å². The molecule has 1 atom stereocenters. The Balaban J connectivity index is 1.97. The lowest BCUT2D eigenvalue weighted by Gasteiger charge is -2.22. The first-order valence-corrected chi connectivity index (χ1v) is 6.46. The maximum absolute atomic E-state index is 12.3. The number of rotatable bonds is 2. The molecule has 110 valence electrons. The van der Waals surface area contributed by atoms with Crippen molar-refractivity contribution in [3.63, 3.8) is 0 Å². The number of ether oxygens (including phenoxy) is 1. The van der Waals surface area contributed by atoms with Gasteiger partial charge in [-0.05, 0) is 36.4 Å². The van der Waals surface area contributed by atoms with Crippen LogP contribution >= 0.6 is 0 Å². The Hall–Kier alpha value is -2.99. The van der Waals surface area contributed by atoms with Crippen molar-refractivity contribution in [3.05, 3.63) is 59.7 Å². The molecule has 0 aliphatic carbocycles. The second-order valence-corrected chi connectivity index (χ2v) is 4.64. The van der Waals surface area contributed by atoms with Gasteiger partial charge in [0.05, 0.1) is 16.8 Å². The van der Waals surface area contributed by atoms with Gasteiger partial charge in [0.25, 0.3) is 0 Å². The van der Waals surface area contributed by atoms with Gasteiger partial charge in [0.15, 0.2) is 5.71 Å². The summed E-state index contributed by atoms with van der Waals surface area (Å²) in [4.78, 5) is 27.2. The third-order valence-electron chi connectivity index (χ3n) is 3.20. The summed E-state index contributed by atoms with van der Waals surface area (Å²) in [5, 5.41) is 18.8. The van der Waals surface area contributed by atoms with Crippen molar-refractivity contribution in [2.75, 3.05) is 0 Å². The number of para-hydroxylation sites is 1. The van der Waals surface area contributed by atoms with Gasteiger partial charge < -0.3 is 14.9 Å². The van der Waals surface area contributed by atoms with E-state index in [0.29, 0.717) is 17.0 Å². The number of carboxylic acid groups (broad SMARTS) is 1. The number of nitrogens with zero attached hydrogens (tertiary/aromatic N) is 1. The molecular weight excluding hydrogens is 286 g/mol. The predicted molar refractivity (Wildman–Crippen MR) is 77.9 cm³/mol. The average molecular weight is 297 g/mol. The smallest absolute Gasteiger partial charge is 0.335 e. The Morgan fingerprint density at radius 3 is 2.45 bits per heavy atom. The van der Waals surface area contributed by atoms with Gasteiger partial charge in [-0.3, -0.25) is 4.79 Å². The molecule has 0 saturated carbocycles.